The second kappa shape index (κ2) is 9.56. The number of ether oxygens (including phenoxy) is 1. The van der Waals surface area contributed by atoms with Crippen molar-refractivity contribution in [2.24, 2.45) is 0 Å². The zero-order valence-corrected chi connectivity index (χ0v) is 13.1. The molecule has 0 spiro atoms. The van der Waals surface area contributed by atoms with E-state index in [9.17, 15) is 0 Å². The summed E-state index contributed by atoms with van der Waals surface area (Å²) >= 11 is 0. The standard InChI is InChI=1S/C17H28N2O/c1-5-12-20-17-11-9-8-10-16(17)13-18-15(4)14-19(6-2)7-3/h5,8-11,15,18H,1,6-7,12-14H2,2-4H3. The lowest BCUT2D eigenvalue weighted by Gasteiger charge is -2.23. The topological polar surface area (TPSA) is 24.5 Å². The van der Waals surface area contributed by atoms with Gasteiger partial charge in [-0.2, -0.15) is 0 Å². The van der Waals surface area contributed by atoms with Crippen LogP contribution in [0.5, 0.6) is 5.75 Å². The molecular weight excluding hydrogens is 248 g/mol. The first kappa shape index (κ1) is 16.7. The monoisotopic (exact) mass is 276 g/mol. The molecule has 0 bridgehead atoms. The summed E-state index contributed by atoms with van der Waals surface area (Å²) in [5.74, 6) is 0.940. The van der Waals surface area contributed by atoms with Gasteiger partial charge in [0.1, 0.15) is 12.4 Å². The molecule has 20 heavy (non-hydrogen) atoms. The Morgan fingerprint density at radius 2 is 2.00 bits per heavy atom. The van der Waals surface area contributed by atoms with Crippen LogP contribution in [-0.2, 0) is 6.54 Å². The van der Waals surface area contributed by atoms with E-state index in [1.54, 1.807) is 6.08 Å². The van der Waals surface area contributed by atoms with E-state index < -0.39 is 0 Å². The van der Waals surface area contributed by atoms with Crippen LogP contribution in [0.3, 0.4) is 0 Å². The minimum atomic E-state index is 0.461. The Kier molecular flexibility index (Phi) is 8.00. The maximum absolute atomic E-state index is 5.67. The van der Waals surface area contributed by atoms with Crippen LogP contribution in [0, 0.1) is 0 Å². The number of nitrogens with one attached hydrogen (secondary N) is 1. The van der Waals surface area contributed by atoms with Crippen LogP contribution in [0.2, 0.25) is 0 Å². The van der Waals surface area contributed by atoms with E-state index in [0.29, 0.717) is 12.6 Å². The molecule has 0 saturated carbocycles. The molecule has 3 heteroatoms. The predicted octanol–water partition coefficient (Wildman–Crippen LogP) is 3.07. The van der Waals surface area contributed by atoms with E-state index in [1.165, 1.54) is 5.56 Å². The highest BCUT2D eigenvalue weighted by Gasteiger charge is 2.08. The third-order valence-electron chi connectivity index (χ3n) is 3.40. The zero-order chi connectivity index (χ0) is 14.8. The van der Waals surface area contributed by atoms with Crippen LogP contribution < -0.4 is 10.1 Å². The van der Waals surface area contributed by atoms with Crippen LogP contribution in [-0.4, -0.2) is 37.2 Å². The SMILES string of the molecule is C=CCOc1ccccc1CNC(C)CN(CC)CC. The molecule has 1 atom stereocenters. The van der Waals surface area contributed by atoms with Crippen molar-refractivity contribution >= 4 is 0 Å². The molecule has 0 aromatic heterocycles. The first-order chi connectivity index (χ1) is 9.71. The maximum Gasteiger partial charge on any atom is 0.124 e. The summed E-state index contributed by atoms with van der Waals surface area (Å²) in [5.41, 5.74) is 1.20. The molecule has 0 heterocycles. The van der Waals surface area contributed by atoms with E-state index >= 15 is 0 Å². The number of para-hydroxylation sites is 1. The van der Waals surface area contributed by atoms with Crippen LogP contribution in [0.25, 0.3) is 0 Å². The number of benzene rings is 1. The molecule has 1 unspecified atom stereocenters. The lowest BCUT2D eigenvalue weighted by atomic mass is 10.2. The van der Waals surface area contributed by atoms with Crippen molar-refractivity contribution in [2.75, 3.05) is 26.2 Å². The predicted molar refractivity (Wildman–Crippen MR) is 86.2 cm³/mol. The molecule has 1 aromatic rings. The largest absolute Gasteiger partial charge is 0.489 e. The first-order valence-electron chi connectivity index (χ1n) is 7.48. The summed E-state index contributed by atoms with van der Waals surface area (Å²) < 4.78 is 5.67. The molecule has 3 nitrogen and oxygen atoms in total. The quantitative estimate of drug-likeness (QED) is 0.665. The van der Waals surface area contributed by atoms with Crippen LogP contribution in [0.4, 0.5) is 0 Å². The van der Waals surface area contributed by atoms with Gasteiger partial charge in [0.25, 0.3) is 0 Å². The van der Waals surface area contributed by atoms with Crippen molar-refractivity contribution in [3.05, 3.63) is 42.5 Å². The molecule has 1 N–H and O–H groups in total. The van der Waals surface area contributed by atoms with Gasteiger partial charge in [0.05, 0.1) is 0 Å². The molecule has 1 aromatic carbocycles. The Hall–Kier alpha value is -1.32. The third kappa shape index (κ3) is 5.76. The highest BCUT2D eigenvalue weighted by molar-refractivity contribution is 5.33. The number of likely N-dealkylation sites (N-methyl/N-ethyl adjacent to an activating group) is 1. The van der Waals surface area contributed by atoms with Gasteiger partial charge in [-0.3, -0.25) is 0 Å². The molecule has 0 saturated heterocycles. The van der Waals surface area contributed by atoms with Crippen LogP contribution >= 0.6 is 0 Å². The maximum atomic E-state index is 5.67. The normalized spacial score (nSPS) is 12.4. The van der Waals surface area contributed by atoms with E-state index in [4.69, 9.17) is 4.74 Å². The van der Waals surface area contributed by atoms with Crippen LogP contribution in [0.15, 0.2) is 36.9 Å². The fraction of sp³-hybridized carbons (Fsp3) is 0.529. The number of nitrogens with zero attached hydrogens (tertiary/aromatic N) is 1. The molecule has 0 fully saturated rings. The molecule has 1 rings (SSSR count). The van der Waals surface area contributed by atoms with Crippen molar-refractivity contribution in [3.63, 3.8) is 0 Å². The molecule has 0 aliphatic rings. The summed E-state index contributed by atoms with van der Waals surface area (Å²) in [4.78, 5) is 2.43. The van der Waals surface area contributed by atoms with Crippen molar-refractivity contribution in [2.45, 2.75) is 33.4 Å². The van der Waals surface area contributed by atoms with E-state index in [1.807, 2.05) is 18.2 Å². The number of rotatable bonds is 10. The number of hydrogen-bond acceptors (Lipinski definition) is 3. The van der Waals surface area contributed by atoms with E-state index in [2.05, 4.69) is 43.6 Å². The molecule has 0 aliphatic heterocycles. The lowest BCUT2D eigenvalue weighted by Crippen LogP contribution is -2.38. The fourth-order valence-corrected chi connectivity index (χ4v) is 2.16. The Morgan fingerprint density at radius 1 is 1.30 bits per heavy atom. The second-order valence-corrected chi connectivity index (χ2v) is 4.98. The Morgan fingerprint density at radius 3 is 2.65 bits per heavy atom. The van der Waals surface area contributed by atoms with Crippen molar-refractivity contribution < 1.29 is 4.74 Å². The lowest BCUT2D eigenvalue weighted by molar-refractivity contribution is 0.270. The average Bonchev–Trinajstić information content (AvgIpc) is 2.49. The van der Waals surface area contributed by atoms with Crippen molar-refractivity contribution in [3.8, 4) is 5.75 Å². The van der Waals surface area contributed by atoms with Crippen molar-refractivity contribution in [1.82, 2.24) is 10.2 Å². The molecule has 0 radical (unpaired) electrons. The fourth-order valence-electron chi connectivity index (χ4n) is 2.16. The van der Waals surface area contributed by atoms with Gasteiger partial charge in [-0.1, -0.05) is 44.7 Å². The molecule has 112 valence electrons. The van der Waals surface area contributed by atoms with Gasteiger partial charge in [0, 0.05) is 24.7 Å². The Balaban J connectivity index is 2.49. The summed E-state index contributed by atoms with van der Waals surface area (Å²) in [6.07, 6.45) is 1.77. The van der Waals surface area contributed by atoms with Gasteiger partial charge in [-0.15, -0.1) is 0 Å². The summed E-state index contributed by atoms with van der Waals surface area (Å²) in [6, 6.07) is 8.63. The Labute approximate surface area is 123 Å². The van der Waals surface area contributed by atoms with Gasteiger partial charge in [0.2, 0.25) is 0 Å². The van der Waals surface area contributed by atoms with Gasteiger partial charge < -0.3 is 15.0 Å². The molecule has 0 amide bonds. The molecule has 0 aliphatic carbocycles. The van der Waals surface area contributed by atoms with Gasteiger partial charge in [-0.25, -0.2) is 0 Å². The van der Waals surface area contributed by atoms with Crippen LogP contribution in [0.1, 0.15) is 26.3 Å². The van der Waals surface area contributed by atoms with Gasteiger partial charge in [-0.05, 0) is 26.1 Å². The average molecular weight is 276 g/mol. The summed E-state index contributed by atoms with van der Waals surface area (Å²) in [6.45, 7) is 15.0. The van der Waals surface area contributed by atoms with E-state index in [-0.39, 0.29) is 0 Å². The minimum Gasteiger partial charge on any atom is -0.489 e. The minimum absolute atomic E-state index is 0.461. The highest BCUT2D eigenvalue weighted by Crippen LogP contribution is 2.17. The first-order valence-corrected chi connectivity index (χ1v) is 7.48. The zero-order valence-electron chi connectivity index (χ0n) is 13.1. The van der Waals surface area contributed by atoms with Gasteiger partial charge in [0.15, 0.2) is 0 Å². The molecular formula is C17H28N2O. The van der Waals surface area contributed by atoms with E-state index in [0.717, 1.165) is 31.9 Å². The second-order valence-electron chi connectivity index (χ2n) is 4.98. The number of hydrogen-bond donors (Lipinski definition) is 1. The van der Waals surface area contributed by atoms with Crippen molar-refractivity contribution in [1.29, 1.82) is 0 Å². The summed E-state index contributed by atoms with van der Waals surface area (Å²) in [5, 5.41) is 3.57. The van der Waals surface area contributed by atoms with Gasteiger partial charge >= 0.3 is 0 Å². The Bertz CT molecular complexity index is 388. The third-order valence-corrected chi connectivity index (χ3v) is 3.40. The summed E-state index contributed by atoms with van der Waals surface area (Å²) in [7, 11) is 0. The smallest absolute Gasteiger partial charge is 0.124 e. The highest BCUT2D eigenvalue weighted by atomic mass is 16.5.